The van der Waals surface area contributed by atoms with Crippen LogP contribution in [0.25, 0.3) is 0 Å². The third-order valence-electron chi connectivity index (χ3n) is 5.20. The number of aryl methyl sites for hydroxylation is 2. The minimum atomic E-state index is -0.527. The Morgan fingerprint density at radius 3 is 2.52 bits per heavy atom. The minimum Gasteiger partial charge on any atom is -0.469 e. The van der Waals surface area contributed by atoms with Gasteiger partial charge in [0.1, 0.15) is 0 Å². The van der Waals surface area contributed by atoms with Crippen molar-refractivity contribution < 1.29 is 19.1 Å². The molecule has 6 nitrogen and oxygen atoms in total. The van der Waals surface area contributed by atoms with E-state index in [0.717, 1.165) is 24.0 Å². The van der Waals surface area contributed by atoms with E-state index in [0.29, 0.717) is 17.7 Å². The van der Waals surface area contributed by atoms with Gasteiger partial charge in [0.25, 0.3) is 5.91 Å². The van der Waals surface area contributed by atoms with Gasteiger partial charge in [-0.15, -0.1) is 11.3 Å². The van der Waals surface area contributed by atoms with Crippen molar-refractivity contribution in [2.75, 3.05) is 12.4 Å². The first kappa shape index (κ1) is 24.2. The fourth-order valence-corrected chi connectivity index (χ4v) is 4.13. The van der Waals surface area contributed by atoms with Crippen molar-refractivity contribution in [2.45, 2.75) is 38.6 Å². The number of carbonyl (C=O) groups is 3. The lowest BCUT2D eigenvalue weighted by atomic mass is 10.0. The number of thiophene rings is 1. The number of esters is 1. The van der Waals surface area contributed by atoms with E-state index in [1.54, 1.807) is 35.6 Å². The Labute approximate surface area is 198 Å². The molecular formula is C26H28N2O4S. The molecule has 1 atom stereocenters. The Balaban J connectivity index is 1.62. The maximum Gasteiger partial charge on any atom is 0.307 e. The predicted molar refractivity (Wildman–Crippen MR) is 130 cm³/mol. The maximum absolute atomic E-state index is 12.9. The standard InChI is InChI=1S/C26H28N2O4S/c1-18-11-13-19(14-12-18)23(17-25(30)32-2)28-26(31)20-6-3-7-21(16-20)27-24(29)10-4-8-22-9-5-15-33-22/h3,5-7,9,11-16,23H,4,8,10,17H2,1-2H3,(H,27,29)(H,28,31). The summed E-state index contributed by atoms with van der Waals surface area (Å²) in [5.41, 5.74) is 2.85. The van der Waals surface area contributed by atoms with Crippen molar-refractivity contribution >= 4 is 34.8 Å². The summed E-state index contributed by atoms with van der Waals surface area (Å²) in [6.07, 6.45) is 2.06. The number of benzene rings is 2. The number of amides is 2. The van der Waals surface area contributed by atoms with Crippen molar-refractivity contribution in [3.8, 4) is 0 Å². The average Bonchev–Trinajstić information content (AvgIpc) is 3.32. The second kappa shape index (κ2) is 12.0. The van der Waals surface area contributed by atoms with Crippen LogP contribution in [0.2, 0.25) is 0 Å². The second-order valence-corrected chi connectivity index (χ2v) is 8.81. The highest BCUT2D eigenvalue weighted by atomic mass is 32.1. The molecular weight excluding hydrogens is 436 g/mol. The zero-order chi connectivity index (χ0) is 23.6. The van der Waals surface area contributed by atoms with Crippen molar-refractivity contribution in [2.24, 2.45) is 0 Å². The van der Waals surface area contributed by atoms with Gasteiger partial charge in [-0.1, -0.05) is 42.0 Å². The molecule has 0 saturated carbocycles. The van der Waals surface area contributed by atoms with Crippen molar-refractivity contribution in [1.29, 1.82) is 0 Å². The maximum atomic E-state index is 12.9. The molecule has 3 rings (SSSR count). The summed E-state index contributed by atoms with van der Waals surface area (Å²) in [6.45, 7) is 1.97. The number of carbonyl (C=O) groups excluding carboxylic acids is 3. The second-order valence-electron chi connectivity index (χ2n) is 7.78. The Kier molecular flexibility index (Phi) is 8.78. The molecule has 0 aliphatic heterocycles. The number of nitrogens with one attached hydrogen (secondary N) is 2. The van der Waals surface area contributed by atoms with Crippen LogP contribution >= 0.6 is 11.3 Å². The Morgan fingerprint density at radius 1 is 1.03 bits per heavy atom. The SMILES string of the molecule is COC(=O)CC(NC(=O)c1cccc(NC(=O)CCCc2cccs2)c1)c1ccc(C)cc1. The summed E-state index contributed by atoms with van der Waals surface area (Å²) in [5, 5.41) is 7.80. The van der Waals surface area contributed by atoms with Crippen LogP contribution in [0, 0.1) is 6.92 Å². The number of hydrogen-bond donors (Lipinski definition) is 2. The molecule has 1 heterocycles. The van der Waals surface area contributed by atoms with Gasteiger partial charge in [0.15, 0.2) is 0 Å². The first-order chi connectivity index (χ1) is 15.9. The highest BCUT2D eigenvalue weighted by Gasteiger charge is 2.20. The van der Waals surface area contributed by atoms with Crippen molar-refractivity contribution in [1.82, 2.24) is 5.32 Å². The summed E-state index contributed by atoms with van der Waals surface area (Å²) < 4.78 is 4.79. The van der Waals surface area contributed by atoms with E-state index >= 15 is 0 Å². The summed E-state index contributed by atoms with van der Waals surface area (Å²) in [4.78, 5) is 38.4. The lowest BCUT2D eigenvalue weighted by molar-refractivity contribution is -0.141. The summed E-state index contributed by atoms with van der Waals surface area (Å²) in [7, 11) is 1.32. The first-order valence-electron chi connectivity index (χ1n) is 10.8. The molecule has 0 radical (unpaired) electrons. The minimum absolute atomic E-state index is 0.0198. The van der Waals surface area contributed by atoms with Crippen LogP contribution < -0.4 is 10.6 Å². The molecule has 0 spiro atoms. The van der Waals surface area contributed by atoms with E-state index in [9.17, 15) is 14.4 Å². The van der Waals surface area contributed by atoms with Crippen LogP contribution in [0.4, 0.5) is 5.69 Å². The van der Waals surface area contributed by atoms with E-state index < -0.39 is 12.0 Å². The Hall–Kier alpha value is -3.45. The van der Waals surface area contributed by atoms with E-state index in [4.69, 9.17) is 4.74 Å². The molecule has 2 amide bonds. The molecule has 7 heteroatoms. The molecule has 0 aliphatic rings. The van der Waals surface area contributed by atoms with Crippen LogP contribution in [0.3, 0.4) is 0 Å². The largest absolute Gasteiger partial charge is 0.469 e. The highest BCUT2D eigenvalue weighted by molar-refractivity contribution is 7.09. The number of hydrogen-bond acceptors (Lipinski definition) is 5. The normalized spacial score (nSPS) is 11.5. The van der Waals surface area contributed by atoms with Gasteiger partial charge in [-0.25, -0.2) is 0 Å². The molecule has 2 N–H and O–H groups in total. The van der Waals surface area contributed by atoms with Gasteiger partial charge in [-0.2, -0.15) is 0 Å². The van der Waals surface area contributed by atoms with E-state index in [1.165, 1.54) is 12.0 Å². The predicted octanol–water partition coefficient (Wildman–Crippen LogP) is 5.05. The first-order valence-corrected chi connectivity index (χ1v) is 11.7. The number of methoxy groups -OCH3 is 1. The van der Waals surface area contributed by atoms with E-state index in [-0.39, 0.29) is 18.2 Å². The van der Waals surface area contributed by atoms with Gasteiger partial charge in [-0.3, -0.25) is 14.4 Å². The van der Waals surface area contributed by atoms with Gasteiger partial charge < -0.3 is 15.4 Å². The Morgan fingerprint density at radius 2 is 1.82 bits per heavy atom. The van der Waals surface area contributed by atoms with Crippen LogP contribution in [-0.4, -0.2) is 24.9 Å². The van der Waals surface area contributed by atoms with Crippen LogP contribution in [0.15, 0.2) is 66.0 Å². The fraction of sp³-hybridized carbons (Fsp3) is 0.269. The summed E-state index contributed by atoms with van der Waals surface area (Å²) in [6, 6.07) is 18.0. The molecule has 3 aromatic rings. The molecule has 2 aromatic carbocycles. The van der Waals surface area contributed by atoms with Gasteiger partial charge in [0.05, 0.1) is 19.6 Å². The Bertz CT molecular complexity index is 1080. The summed E-state index contributed by atoms with van der Waals surface area (Å²) in [5.74, 6) is -0.838. The molecule has 0 fully saturated rings. The van der Waals surface area contributed by atoms with Crippen molar-refractivity contribution in [3.05, 3.63) is 87.6 Å². The fourth-order valence-electron chi connectivity index (χ4n) is 3.38. The van der Waals surface area contributed by atoms with Crippen molar-refractivity contribution in [3.63, 3.8) is 0 Å². The summed E-state index contributed by atoms with van der Waals surface area (Å²) >= 11 is 1.69. The molecule has 33 heavy (non-hydrogen) atoms. The van der Waals surface area contributed by atoms with Gasteiger partial charge in [0.2, 0.25) is 5.91 Å². The van der Waals surface area contributed by atoms with E-state index in [1.807, 2.05) is 42.6 Å². The number of anilines is 1. The molecule has 0 bridgehead atoms. The van der Waals surface area contributed by atoms with Gasteiger partial charge in [-0.05, 0) is 55.0 Å². The molecule has 0 saturated heterocycles. The van der Waals surface area contributed by atoms with Crippen LogP contribution in [0.1, 0.15) is 51.7 Å². The highest BCUT2D eigenvalue weighted by Crippen LogP contribution is 2.20. The number of ether oxygens (including phenoxy) is 1. The van der Waals surface area contributed by atoms with Crippen LogP contribution in [-0.2, 0) is 20.7 Å². The molecule has 1 aromatic heterocycles. The molecule has 0 aliphatic carbocycles. The lowest BCUT2D eigenvalue weighted by Crippen LogP contribution is -2.30. The zero-order valence-electron chi connectivity index (χ0n) is 18.8. The lowest BCUT2D eigenvalue weighted by Gasteiger charge is -2.19. The van der Waals surface area contributed by atoms with Gasteiger partial charge >= 0.3 is 5.97 Å². The molecule has 172 valence electrons. The number of rotatable bonds is 10. The zero-order valence-corrected chi connectivity index (χ0v) is 19.6. The monoisotopic (exact) mass is 464 g/mol. The smallest absolute Gasteiger partial charge is 0.307 e. The average molecular weight is 465 g/mol. The van der Waals surface area contributed by atoms with E-state index in [2.05, 4.69) is 16.7 Å². The third kappa shape index (κ3) is 7.57. The van der Waals surface area contributed by atoms with Crippen LogP contribution in [0.5, 0.6) is 0 Å². The quantitative estimate of drug-likeness (QED) is 0.411. The topological polar surface area (TPSA) is 84.5 Å². The molecule has 1 unspecified atom stereocenters. The van der Waals surface area contributed by atoms with Gasteiger partial charge in [0, 0.05) is 22.5 Å². The third-order valence-corrected chi connectivity index (χ3v) is 6.14.